The molecule has 23 heavy (non-hydrogen) atoms. The molecule has 4 rings (SSSR count). The lowest BCUT2D eigenvalue weighted by molar-refractivity contribution is 0.437. The number of nitrogens with zero attached hydrogens (tertiary/aromatic N) is 1. The lowest BCUT2D eigenvalue weighted by atomic mass is 10.0. The Morgan fingerprint density at radius 3 is 2.91 bits per heavy atom. The fourth-order valence-electron chi connectivity index (χ4n) is 2.59. The highest BCUT2D eigenvalue weighted by Gasteiger charge is 2.22. The van der Waals surface area contributed by atoms with Gasteiger partial charge in [-0.1, -0.05) is 34.1 Å². The minimum Gasteiger partial charge on any atom is -0.507 e. The van der Waals surface area contributed by atoms with Crippen molar-refractivity contribution < 1.29 is 9.84 Å². The highest BCUT2D eigenvalue weighted by molar-refractivity contribution is 9.10. The Hall–Kier alpha value is -2.60. The first-order valence-electron chi connectivity index (χ1n) is 6.99. The summed E-state index contributed by atoms with van der Waals surface area (Å²) >= 11 is 3.35. The fourth-order valence-corrected chi connectivity index (χ4v) is 2.95. The number of hydrogen-bond acceptors (Lipinski definition) is 4. The number of halogens is 1. The number of aromatic hydroxyl groups is 1. The lowest BCUT2D eigenvalue weighted by Crippen LogP contribution is -2.20. The van der Waals surface area contributed by atoms with E-state index >= 15 is 0 Å². The molecule has 2 N–H and O–H groups in total. The molecule has 0 bridgehead atoms. The number of rotatable bonds is 1. The first kappa shape index (κ1) is 14.0. The number of H-pyrrole nitrogens is 1. The van der Waals surface area contributed by atoms with Crippen molar-refractivity contribution in [2.75, 3.05) is 0 Å². The fraction of sp³-hybridized carbons (Fsp3) is 0.0588. The van der Waals surface area contributed by atoms with Gasteiger partial charge in [-0.25, -0.2) is 0 Å². The number of para-hydroxylation sites is 1. The zero-order valence-corrected chi connectivity index (χ0v) is 13.4. The van der Waals surface area contributed by atoms with E-state index in [-0.39, 0.29) is 23.0 Å². The van der Waals surface area contributed by atoms with E-state index in [4.69, 9.17) is 4.74 Å². The third-order valence-corrected chi connectivity index (χ3v) is 4.23. The summed E-state index contributed by atoms with van der Waals surface area (Å²) in [7, 11) is 0. The van der Waals surface area contributed by atoms with E-state index in [1.54, 1.807) is 12.1 Å². The van der Waals surface area contributed by atoms with Crippen LogP contribution in [0.3, 0.4) is 0 Å². The maximum absolute atomic E-state index is 12.4. The highest BCUT2D eigenvalue weighted by atomic mass is 79.9. The molecule has 0 aliphatic carbocycles. The van der Waals surface area contributed by atoms with Gasteiger partial charge >= 0.3 is 0 Å². The first-order chi connectivity index (χ1) is 11.1. The van der Waals surface area contributed by atoms with Crippen molar-refractivity contribution in [3.8, 4) is 28.8 Å². The zero-order chi connectivity index (χ0) is 16.0. The molecule has 0 atom stereocenters. The number of phenolic OH excluding ortho intramolecular Hbond substituents is 1. The topological polar surface area (TPSA) is 75.2 Å². The van der Waals surface area contributed by atoms with Crippen LogP contribution in [0.1, 0.15) is 11.1 Å². The maximum Gasteiger partial charge on any atom is 0.258 e. The predicted molar refractivity (Wildman–Crippen MR) is 89.0 cm³/mol. The van der Waals surface area contributed by atoms with E-state index in [0.717, 1.165) is 10.0 Å². The van der Waals surface area contributed by atoms with Gasteiger partial charge in [0.1, 0.15) is 17.3 Å². The number of hydrogen-bond donors (Lipinski definition) is 2. The van der Waals surface area contributed by atoms with Gasteiger partial charge in [-0.05, 0) is 29.8 Å². The Morgan fingerprint density at radius 1 is 1.22 bits per heavy atom. The molecule has 3 aromatic rings. The van der Waals surface area contributed by atoms with Crippen LogP contribution in [-0.4, -0.2) is 15.1 Å². The SMILES string of the molecule is O=c1[nH]c(-c2cc(Br)ccc2O)nc2c1Cc1ccccc1O2. The van der Waals surface area contributed by atoms with E-state index in [1.165, 1.54) is 6.07 Å². The summed E-state index contributed by atoms with van der Waals surface area (Å²) in [6, 6.07) is 12.5. The van der Waals surface area contributed by atoms with Crippen LogP contribution in [0.4, 0.5) is 0 Å². The molecule has 2 heterocycles. The molecule has 1 aliphatic rings. The third-order valence-electron chi connectivity index (χ3n) is 3.74. The second-order valence-electron chi connectivity index (χ2n) is 5.25. The average Bonchev–Trinajstić information content (AvgIpc) is 2.55. The number of benzene rings is 2. The molecule has 1 aromatic heterocycles. The van der Waals surface area contributed by atoms with Gasteiger partial charge in [0.05, 0.1) is 11.1 Å². The molecule has 0 saturated heterocycles. The van der Waals surface area contributed by atoms with Gasteiger partial charge in [0, 0.05) is 10.9 Å². The predicted octanol–water partition coefficient (Wildman–Crippen LogP) is 3.60. The van der Waals surface area contributed by atoms with Gasteiger partial charge in [-0.15, -0.1) is 0 Å². The number of aromatic amines is 1. The van der Waals surface area contributed by atoms with E-state index < -0.39 is 0 Å². The van der Waals surface area contributed by atoms with Crippen molar-refractivity contribution in [2.45, 2.75) is 6.42 Å². The monoisotopic (exact) mass is 370 g/mol. The Bertz CT molecular complexity index is 982. The Balaban J connectivity index is 1.87. The Morgan fingerprint density at radius 2 is 2.04 bits per heavy atom. The van der Waals surface area contributed by atoms with Crippen molar-refractivity contribution in [1.29, 1.82) is 0 Å². The van der Waals surface area contributed by atoms with Gasteiger partial charge in [0.15, 0.2) is 0 Å². The number of nitrogens with one attached hydrogen (secondary N) is 1. The van der Waals surface area contributed by atoms with Crippen molar-refractivity contribution in [3.63, 3.8) is 0 Å². The van der Waals surface area contributed by atoms with Crippen LogP contribution in [-0.2, 0) is 6.42 Å². The van der Waals surface area contributed by atoms with Crippen LogP contribution in [0.2, 0.25) is 0 Å². The molecular formula is C17H11BrN2O3. The molecular weight excluding hydrogens is 360 g/mol. The summed E-state index contributed by atoms with van der Waals surface area (Å²) in [5, 5.41) is 10.0. The molecule has 0 unspecified atom stereocenters. The highest BCUT2D eigenvalue weighted by Crippen LogP contribution is 2.35. The van der Waals surface area contributed by atoms with E-state index in [9.17, 15) is 9.90 Å². The van der Waals surface area contributed by atoms with Gasteiger partial charge < -0.3 is 14.8 Å². The minimum atomic E-state index is -0.265. The lowest BCUT2D eigenvalue weighted by Gasteiger charge is -2.19. The van der Waals surface area contributed by atoms with E-state index in [2.05, 4.69) is 25.9 Å². The number of fused-ring (bicyclic) bond motifs is 2. The van der Waals surface area contributed by atoms with Crippen LogP contribution in [0.15, 0.2) is 51.7 Å². The molecule has 0 saturated carbocycles. The second-order valence-corrected chi connectivity index (χ2v) is 6.16. The molecule has 0 amide bonds. The zero-order valence-electron chi connectivity index (χ0n) is 11.8. The van der Waals surface area contributed by atoms with Gasteiger partial charge in [0.2, 0.25) is 5.88 Å². The standard InChI is InChI=1S/C17H11BrN2O3/c18-10-5-6-13(21)11(8-10)15-19-16(22)12-7-9-3-1-2-4-14(9)23-17(12)20-15/h1-6,8,21H,7H2,(H,19,20,22). The number of aromatic nitrogens is 2. The molecule has 0 spiro atoms. The Kier molecular flexibility index (Phi) is 3.20. The van der Waals surface area contributed by atoms with E-state index in [0.29, 0.717) is 23.3 Å². The number of phenols is 1. The van der Waals surface area contributed by atoms with Crippen molar-refractivity contribution in [3.05, 3.63) is 68.4 Å². The number of ether oxygens (including phenoxy) is 1. The summed E-state index contributed by atoms with van der Waals surface area (Å²) < 4.78 is 6.54. The summed E-state index contributed by atoms with van der Waals surface area (Å²) in [4.78, 5) is 19.5. The van der Waals surface area contributed by atoms with E-state index in [1.807, 2.05) is 24.3 Å². The summed E-state index contributed by atoms with van der Waals surface area (Å²) in [5.74, 6) is 1.28. The summed E-state index contributed by atoms with van der Waals surface area (Å²) in [5.41, 5.74) is 1.60. The van der Waals surface area contributed by atoms with Crippen LogP contribution >= 0.6 is 15.9 Å². The molecule has 5 nitrogen and oxygen atoms in total. The summed E-state index contributed by atoms with van der Waals surface area (Å²) in [6.45, 7) is 0. The smallest absolute Gasteiger partial charge is 0.258 e. The van der Waals surface area contributed by atoms with Crippen LogP contribution in [0.5, 0.6) is 17.4 Å². The third kappa shape index (κ3) is 2.41. The van der Waals surface area contributed by atoms with Gasteiger partial charge in [0.25, 0.3) is 5.56 Å². The molecule has 2 aromatic carbocycles. The molecule has 0 fully saturated rings. The van der Waals surface area contributed by atoms with Gasteiger partial charge in [-0.3, -0.25) is 4.79 Å². The Labute approximate surface area is 139 Å². The van der Waals surface area contributed by atoms with Crippen LogP contribution in [0, 0.1) is 0 Å². The van der Waals surface area contributed by atoms with Crippen molar-refractivity contribution >= 4 is 15.9 Å². The minimum absolute atomic E-state index is 0.0347. The van der Waals surface area contributed by atoms with Gasteiger partial charge in [-0.2, -0.15) is 4.98 Å². The first-order valence-corrected chi connectivity index (χ1v) is 7.79. The second kappa shape index (κ2) is 5.24. The molecule has 114 valence electrons. The molecule has 1 aliphatic heterocycles. The molecule has 6 heteroatoms. The van der Waals surface area contributed by atoms with Crippen LogP contribution in [0.25, 0.3) is 11.4 Å². The molecule has 0 radical (unpaired) electrons. The normalized spacial score (nSPS) is 12.2. The van der Waals surface area contributed by atoms with Crippen LogP contribution < -0.4 is 10.3 Å². The van der Waals surface area contributed by atoms with Crippen molar-refractivity contribution in [1.82, 2.24) is 9.97 Å². The quantitative estimate of drug-likeness (QED) is 0.536. The van der Waals surface area contributed by atoms with Crippen molar-refractivity contribution in [2.24, 2.45) is 0 Å². The summed E-state index contributed by atoms with van der Waals surface area (Å²) in [6.07, 6.45) is 0.471. The average molecular weight is 371 g/mol. The largest absolute Gasteiger partial charge is 0.507 e. The maximum atomic E-state index is 12.4.